The lowest BCUT2D eigenvalue weighted by atomic mass is 10.1. The van der Waals surface area contributed by atoms with Gasteiger partial charge in [-0.05, 0) is 42.3 Å². The fourth-order valence-corrected chi connectivity index (χ4v) is 3.14. The maximum atomic E-state index is 12.7. The van der Waals surface area contributed by atoms with Crippen LogP contribution in [0, 0.1) is 0 Å². The highest BCUT2D eigenvalue weighted by molar-refractivity contribution is 6.30. The minimum atomic E-state index is -0.220. The van der Waals surface area contributed by atoms with Crippen LogP contribution in [0.15, 0.2) is 60.8 Å². The molecule has 0 radical (unpaired) electrons. The number of benzene rings is 2. The molecular weight excluding hydrogens is 388 g/mol. The number of aromatic nitrogens is 2. The lowest BCUT2D eigenvalue weighted by molar-refractivity contribution is 0.0927. The number of hydrogen-bond donors (Lipinski definition) is 2. The van der Waals surface area contributed by atoms with Crippen LogP contribution < -0.4 is 10.6 Å². The molecule has 0 spiro atoms. The predicted octanol–water partition coefficient (Wildman–Crippen LogP) is 3.81. The molecule has 2 aromatic carbocycles. The van der Waals surface area contributed by atoms with Gasteiger partial charge in [-0.1, -0.05) is 43.6 Å². The second kappa shape index (κ2) is 9.39. The minimum Gasteiger partial charge on any atom is -0.350 e. The topological polar surface area (TPSA) is 76.0 Å². The highest BCUT2D eigenvalue weighted by Gasteiger charge is 2.20. The zero-order valence-electron chi connectivity index (χ0n) is 16.4. The molecule has 150 valence electrons. The van der Waals surface area contributed by atoms with E-state index in [1.54, 1.807) is 35.1 Å². The Balaban J connectivity index is 1.63. The Morgan fingerprint density at radius 3 is 2.21 bits per heavy atom. The fraction of sp³-hybridized carbons (Fsp3) is 0.227. The molecule has 2 amide bonds. The van der Waals surface area contributed by atoms with Crippen LogP contribution in [-0.2, 0) is 0 Å². The van der Waals surface area contributed by atoms with Crippen molar-refractivity contribution in [1.82, 2.24) is 20.4 Å². The highest BCUT2D eigenvalue weighted by Crippen LogP contribution is 2.23. The van der Waals surface area contributed by atoms with E-state index in [1.165, 1.54) is 0 Å². The molecule has 0 atom stereocenters. The van der Waals surface area contributed by atoms with Crippen molar-refractivity contribution in [3.05, 3.63) is 82.6 Å². The van der Waals surface area contributed by atoms with Crippen molar-refractivity contribution in [3.63, 3.8) is 0 Å². The SMILES string of the molecule is CC(C)c1c(C(=O)NCCNC(=O)c2ccccc2)cnn1-c1ccc(Cl)cc1. The van der Waals surface area contributed by atoms with E-state index in [0.29, 0.717) is 29.2 Å². The van der Waals surface area contributed by atoms with Crippen LogP contribution in [-0.4, -0.2) is 34.7 Å². The highest BCUT2D eigenvalue weighted by atomic mass is 35.5. The molecule has 0 aliphatic carbocycles. The summed E-state index contributed by atoms with van der Waals surface area (Å²) in [7, 11) is 0. The van der Waals surface area contributed by atoms with Crippen molar-refractivity contribution in [2.45, 2.75) is 19.8 Å². The number of halogens is 1. The Hall–Kier alpha value is -3.12. The molecule has 0 saturated heterocycles. The largest absolute Gasteiger partial charge is 0.350 e. The van der Waals surface area contributed by atoms with Gasteiger partial charge in [-0.25, -0.2) is 4.68 Å². The van der Waals surface area contributed by atoms with Gasteiger partial charge in [-0.2, -0.15) is 5.10 Å². The van der Waals surface area contributed by atoms with Gasteiger partial charge in [0.2, 0.25) is 0 Å². The second-order valence-corrected chi connectivity index (χ2v) is 7.30. The number of nitrogens with zero attached hydrogens (tertiary/aromatic N) is 2. The molecule has 29 heavy (non-hydrogen) atoms. The summed E-state index contributed by atoms with van der Waals surface area (Å²) in [6, 6.07) is 16.3. The molecule has 1 heterocycles. The summed E-state index contributed by atoms with van der Waals surface area (Å²) in [4.78, 5) is 24.7. The Bertz CT molecular complexity index is 982. The first kappa shape index (κ1) is 20.6. The summed E-state index contributed by atoms with van der Waals surface area (Å²) in [5.41, 5.74) is 2.76. The molecule has 0 unspecified atom stereocenters. The second-order valence-electron chi connectivity index (χ2n) is 6.86. The van der Waals surface area contributed by atoms with Gasteiger partial charge in [0, 0.05) is 23.7 Å². The number of carbonyl (C=O) groups excluding carboxylic acids is 2. The van der Waals surface area contributed by atoms with Crippen molar-refractivity contribution in [3.8, 4) is 5.69 Å². The molecule has 0 bridgehead atoms. The van der Waals surface area contributed by atoms with Gasteiger partial charge in [0.25, 0.3) is 11.8 Å². The van der Waals surface area contributed by atoms with Gasteiger partial charge < -0.3 is 10.6 Å². The standard InChI is InChI=1S/C22H23ClN4O2/c1-15(2)20-19(14-26-27(20)18-10-8-17(23)9-11-18)22(29)25-13-12-24-21(28)16-6-4-3-5-7-16/h3-11,14-15H,12-13H2,1-2H3,(H,24,28)(H,25,29). The van der Waals surface area contributed by atoms with E-state index in [2.05, 4.69) is 15.7 Å². The summed E-state index contributed by atoms with van der Waals surface area (Å²) in [6.45, 7) is 4.68. The average molecular weight is 411 g/mol. The quantitative estimate of drug-likeness (QED) is 0.581. The van der Waals surface area contributed by atoms with Crippen molar-refractivity contribution in [2.24, 2.45) is 0 Å². The summed E-state index contributed by atoms with van der Waals surface area (Å²) < 4.78 is 1.76. The third kappa shape index (κ3) is 5.03. The zero-order chi connectivity index (χ0) is 20.8. The molecular formula is C22H23ClN4O2. The van der Waals surface area contributed by atoms with Gasteiger partial charge in [-0.15, -0.1) is 0 Å². The van der Waals surface area contributed by atoms with E-state index in [1.807, 2.05) is 44.2 Å². The van der Waals surface area contributed by atoms with Crippen LogP contribution in [0.25, 0.3) is 5.69 Å². The van der Waals surface area contributed by atoms with Crippen molar-refractivity contribution in [1.29, 1.82) is 0 Å². The maximum absolute atomic E-state index is 12.7. The van der Waals surface area contributed by atoms with Crippen LogP contribution in [0.2, 0.25) is 5.02 Å². The Morgan fingerprint density at radius 1 is 0.966 bits per heavy atom. The van der Waals surface area contributed by atoms with Gasteiger partial charge in [0.05, 0.1) is 23.1 Å². The first-order valence-corrected chi connectivity index (χ1v) is 9.80. The molecule has 6 nitrogen and oxygen atoms in total. The first-order valence-electron chi connectivity index (χ1n) is 9.42. The first-order chi connectivity index (χ1) is 14.0. The third-order valence-corrected chi connectivity index (χ3v) is 4.65. The summed E-state index contributed by atoms with van der Waals surface area (Å²) in [5.74, 6) is -0.298. The van der Waals surface area contributed by atoms with Gasteiger partial charge in [0.1, 0.15) is 0 Å². The molecule has 3 rings (SSSR count). The molecule has 7 heteroatoms. The van der Waals surface area contributed by atoms with Gasteiger partial charge in [0.15, 0.2) is 0 Å². The number of rotatable bonds is 7. The van der Waals surface area contributed by atoms with Crippen LogP contribution in [0.1, 0.15) is 46.2 Å². The summed E-state index contributed by atoms with van der Waals surface area (Å²) >= 11 is 5.97. The van der Waals surface area contributed by atoms with E-state index in [0.717, 1.165) is 11.4 Å². The summed E-state index contributed by atoms with van der Waals surface area (Å²) in [5, 5.41) is 10.7. The normalized spacial score (nSPS) is 10.8. The number of amides is 2. The zero-order valence-corrected chi connectivity index (χ0v) is 17.1. The Kier molecular flexibility index (Phi) is 6.67. The fourth-order valence-electron chi connectivity index (χ4n) is 3.02. The number of hydrogen-bond acceptors (Lipinski definition) is 3. The molecule has 3 aromatic rings. The third-order valence-electron chi connectivity index (χ3n) is 4.40. The molecule has 0 fully saturated rings. The molecule has 1 aromatic heterocycles. The Labute approximate surface area is 174 Å². The average Bonchev–Trinajstić information content (AvgIpc) is 3.17. The molecule has 2 N–H and O–H groups in total. The Morgan fingerprint density at radius 2 is 1.59 bits per heavy atom. The van der Waals surface area contributed by atoms with E-state index in [-0.39, 0.29) is 17.7 Å². The molecule has 0 aliphatic heterocycles. The number of nitrogens with one attached hydrogen (secondary N) is 2. The van der Waals surface area contributed by atoms with Crippen LogP contribution >= 0.6 is 11.6 Å². The van der Waals surface area contributed by atoms with E-state index in [4.69, 9.17) is 11.6 Å². The van der Waals surface area contributed by atoms with E-state index < -0.39 is 0 Å². The van der Waals surface area contributed by atoms with Crippen molar-refractivity contribution >= 4 is 23.4 Å². The molecule has 0 aliphatic rings. The molecule has 0 saturated carbocycles. The van der Waals surface area contributed by atoms with E-state index in [9.17, 15) is 9.59 Å². The van der Waals surface area contributed by atoms with Gasteiger partial charge >= 0.3 is 0 Å². The van der Waals surface area contributed by atoms with Gasteiger partial charge in [-0.3, -0.25) is 9.59 Å². The summed E-state index contributed by atoms with van der Waals surface area (Å²) in [6.07, 6.45) is 1.57. The van der Waals surface area contributed by atoms with Crippen LogP contribution in [0.4, 0.5) is 0 Å². The smallest absolute Gasteiger partial charge is 0.254 e. The van der Waals surface area contributed by atoms with Crippen LogP contribution in [0.5, 0.6) is 0 Å². The number of carbonyl (C=O) groups is 2. The van der Waals surface area contributed by atoms with Crippen LogP contribution in [0.3, 0.4) is 0 Å². The predicted molar refractivity (Wildman–Crippen MR) is 114 cm³/mol. The minimum absolute atomic E-state index is 0.0895. The lowest BCUT2D eigenvalue weighted by Crippen LogP contribution is -2.35. The monoisotopic (exact) mass is 410 g/mol. The maximum Gasteiger partial charge on any atom is 0.254 e. The van der Waals surface area contributed by atoms with Crippen molar-refractivity contribution < 1.29 is 9.59 Å². The van der Waals surface area contributed by atoms with E-state index >= 15 is 0 Å². The van der Waals surface area contributed by atoms with Crippen molar-refractivity contribution in [2.75, 3.05) is 13.1 Å². The lowest BCUT2D eigenvalue weighted by Gasteiger charge is -2.13.